The predicted molar refractivity (Wildman–Crippen MR) is 147 cm³/mol. The number of aromatic nitrogens is 1. The van der Waals surface area contributed by atoms with Gasteiger partial charge in [-0.15, -0.1) is 21.9 Å². The van der Waals surface area contributed by atoms with E-state index >= 15 is 35.1 Å². The van der Waals surface area contributed by atoms with Crippen molar-refractivity contribution >= 4 is 28.0 Å². The third kappa shape index (κ3) is 6.53. The normalized spacial score (nSPS) is 11.8. The topological polar surface area (TPSA) is 27.7 Å². The fraction of sp³-hybridized carbons (Fsp3) is 0.0625. The minimum Gasteiger partial charge on any atom is -0.207 e. The fourth-order valence-electron chi connectivity index (χ4n) is 5.79. The van der Waals surface area contributed by atoms with Gasteiger partial charge < -0.3 is 0 Å². The van der Waals surface area contributed by atoms with E-state index < -0.39 is 150 Å². The standard InChI is InChI=1S/C25BF22.C7H7N2/c27-6-1(25(46,47)48)7(28)9(30)2(8(6)29)26(3-10(31)16(37)22(43)17(38)11(3)32,4-12(33)18(39)23(44)19(40)13(4)34)5-14(35)20(41)24(45)21(42)15(5)36;1-9-5-3-2-4-7(9)6-8/h;2-5H,1H3/q-1;+1. The largest absolute Gasteiger partial charge is 0.422 e. The molecule has 0 aliphatic rings. The van der Waals surface area contributed by atoms with Gasteiger partial charge in [0.2, 0.25) is 0 Å². The van der Waals surface area contributed by atoms with E-state index in [0.29, 0.717) is 5.69 Å². The van der Waals surface area contributed by atoms with Gasteiger partial charge in [-0.1, -0.05) is 0 Å². The average molecular weight is 848 g/mol. The lowest BCUT2D eigenvalue weighted by atomic mass is 9.12. The molecule has 0 saturated heterocycles. The zero-order valence-electron chi connectivity index (χ0n) is 26.6. The number of alkyl halides is 3. The SMILES string of the molecule is C[n+]1ccccc1C#N.Fc1c(F)c(F)c([B-](c2c(F)c(F)c(F)c(F)c2F)(c2c(F)c(F)c(F)c(F)c2F)c2c(F)c(F)c(C(F)(F)F)c(F)c2F)c(F)c1F. The first kappa shape index (κ1) is 43.8. The second kappa shape index (κ2) is 15.2. The molecular formula is C32H7BF22N2. The summed E-state index contributed by atoms with van der Waals surface area (Å²) in [6.45, 7) is 0. The van der Waals surface area contributed by atoms with Crippen LogP contribution in [0, 0.1) is 122 Å². The molecule has 5 rings (SSSR count). The Kier molecular flexibility index (Phi) is 11.7. The molecule has 0 bridgehead atoms. The Balaban J connectivity index is 0.000000702. The van der Waals surface area contributed by atoms with Crippen molar-refractivity contribution in [3.05, 3.63) is 146 Å². The molecule has 1 heterocycles. The van der Waals surface area contributed by atoms with Crippen LogP contribution in [-0.4, -0.2) is 6.15 Å². The minimum atomic E-state index is -7.46. The molecule has 0 unspecified atom stereocenters. The number of rotatable bonds is 4. The van der Waals surface area contributed by atoms with Crippen molar-refractivity contribution in [2.24, 2.45) is 7.05 Å². The summed E-state index contributed by atoms with van der Waals surface area (Å²) in [7, 11) is 1.85. The van der Waals surface area contributed by atoms with E-state index in [9.17, 15) is 61.5 Å². The highest BCUT2D eigenvalue weighted by Crippen LogP contribution is 2.37. The van der Waals surface area contributed by atoms with E-state index in [1.165, 1.54) is 0 Å². The zero-order valence-corrected chi connectivity index (χ0v) is 26.6. The molecule has 0 amide bonds. The molecule has 1 aromatic heterocycles. The summed E-state index contributed by atoms with van der Waals surface area (Å²) >= 11 is 0. The van der Waals surface area contributed by atoms with Gasteiger partial charge in [0.05, 0.1) is 0 Å². The van der Waals surface area contributed by atoms with Crippen molar-refractivity contribution in [2.45, 2.75) is 6.18 Å². The zero-order chi connectivity index (χ0) is 43.5. The monoisotopic (exact) mass is 848 g/mol. The summed E-state index contributed by atoms with van der Waals surface area (Å²) in [5, 5.41) is 8.45. The number of hydrogen-bond donors (Lipinski definition) is 0. The van der Waals surface area contributed by atoms with Crippen LogP contribution in [0.3, 0.4) is 0 Å². The fourth-order valence-corrected chi connectivity index (χ4v) is 5.79. The lowest BCUT2D eigenvalue weighted by molar-refractivity contribution is -0.674. The molecule has 0 atom stereocenters. The first-order valence-electron chi connectivity index (χ1n) is 14.3. The van der Waals surface area contributed by atoms with E-state index in [1.54, 1.807) is 10.6 Å². The Morgan fingerprint density at radius 1 is 0.421 bits per heavy atom. The Labute approximate surface area is 300 Å². The van der Waals surface area contributed by atoms with Gasteiger partial charge in [0.25, 0.3) is 5.69 Å². The van der Waals surface area contributed by atoms with Gasteiger partial charge in [0.1, 0.15) is 65.3 Å². The molecule has 4 aromatic carbocycles. The summed E-state index contributed by atoms with van der Waals surface area (Å²) in [4.78, 5) is 0. The first-order chi connectivity index (χ1) is 26.3. The summed E-state index contributed by atoms with van der Waals surface area (Å²) in [6.07, 6.45) is -12.2. The summed E-state index contributed by atoms with van der Waals surface area (Å²) in [5.74, 6) is -71.3. The smallest absolute Gasteiger partial charge is 0.207 e. The molecule has 0 aliphatic carbocycles. The Morgan fingerprint density at radius 2 is 0.667 bits per heavy atom. The Bertz CT molecular complexity index is 2260. The van der Waals surface area contributed by atoms with Gasteiger partial charge >= 0.3 is 6.18 Å². The van der Waals surface area contributed by atoms with Crippen LogP contribution < -0.4 is 26.4 Å². The third-order valence-corrected chi connectivity index (χ3v) is 8.21. The number of nitrogens with zero attached hydrogens (tertiary/aromatic N) is 2. The second-order valence-corrected chi connectivity index (χ2v) is 11.2. The second-order valence-electron chi connectivity index (χ2n) is 11.2. The van der Waals surface area contributed by atoms with Crippen LogP contribution in [0.1, 0.15) is 11.3 Å². The molecular weight excluding hydrogens is 841 g/mol. The highest BCUT2D eigenvalue weighted by molar-refractivity contribution is 7.20. The maximum absolute atomic E-state index is 15.6. The molecule has 0 radical (unpaired) electrons. The molecule has 0 N–H and O–H groups in total. The van der Waals surface area contributed by atoms with Gasteiger partial charge in [-0.3, -0.25) is 0 Å². The van der Waals surface area contributed by atoms with Crippen molar-refractivity contribution in [2.75, 3.05) is 0 Å². The highest BCUT2D eigenvalue weighted by atomic mass is 19.4. The van der Waals surface area contributed by atoms with Gasteiger partial charge in [0, 0.05) is 12.1 Å². The van der Waals surface area contributed by atoms with E-state index in [4.69, 9.17) is 5.26 Å². The van der Waals surface area contributed by atoms with E-state index in [-0.39, 0.29) is 0 Å². The highest BCUT2D eigenvalue weighted by Gasteiger charge is 2.53. The molecule has 302 valence electrons. The van der Waals surface area contributed by atoms with Crippen LogP contribution in [-0.2, 0) is 13.2 Å². The summed E-state index contributed by atoms with van der Waals surface area (Å²) in [5.41, 5.74) is -18.2. The molecule has 5 aromatic rings. The van der Waals surface area contributed by atoms with Crippen molar-refractivity contribution in [3.8, 4) is 6.07 Å². The average Bonchev–Trinajstić information content (AvgIpc) is 3.15. The number of hydrogen-bond acceptors (Lipinski definition) is 1. The molecule has 0 fully saturated rings. The minimum absolute atomic E-state index is 0.678. The van der Waals surface area contributed by atoms with Gasteiger partial charge in [-0.2, -0.15) is 23.0 Å². The third-order valence-electron chi connectivity index (χ3n) is 8.21. The number of pyridine rings is 1. The first-order valence-corrected chi connectivity index (χ1v) is 14.3. The number of benzene rings is 4. The molecule has 2 nitrogen and oxygen atoms in total. The summed E-state index contributed by atoms with van der Waals surface area (Å²) in [6, 6.07) is 7.57. The van der Waals surface area contributed by atoms with Crippen LogP contribution in [0.5, 0.6) is 0 Å². The van der Waals surface area contributed by atoms with Crippen molar-refractivity contribution in [1.82, 2.24) is 0 Å². The maximum atomic E-state index is 15.6. The quantitative estimate of drug-likeness (QED) is 0.0624. The Hall–Kier alpha value is -5.96. The Morgan fingerprint density at radius 3 is 0.877 bits per heavy atom. The van der Waals surface area contributed by atoms with Crippen LogP contribution in [0.4, 0.5) is 96.6 Å². The maximum Gasteiger partial charge on any atom is 0.422 e. The van der Waals surface area contributed by atoms with Crippen LogP contribution >= 0.6 is 0 Å². The van der Waals surface area contributed by atoms with E-state index in [1.807, 2.05) is 25.4 Å². The van der Waals surface area contributed by atoms with Crippen LogP contribution in [0.2, 0.25) is 0 Å². The van der Waals surface area contributed by atoms with E-state index in [2.05, 4.69) is 6.07 Å². The number of aryl methyl sites for hydroxylation is 1. The van der Waals surface area contributed by atoms with Crippen molar-refractivity contribution in [1.29, 1.82) is 5.26 Å². The van der Waals surface area contributed by atoms with Gasteiger partial charge in [-0.25, -0.2) is 83.4 Å². The van der Waals surface area contributed by atoms with E-state index in [0.717, 1.165) is 0 Å². The molecule has 57 heavy (non-hydrogen) atoms. The molecule has 0 saturated carbocycles. The molecule has 0 aliphatic heterocycles. The van der Waals surface area contributed by atoms with Crippen LogP contribution in [0.25, 0.3) is 0 Å². The summed E-state index contributed by atoms with van der Waals surface area (Å²) < 4.78 is 324. The van der Waals surface area contributed by atoms with Crippen LogP contribution in [0.15, 0.2) is 24.4 Å². The molecule has 25 heteroatoms. The van der Waals surface area contributed by atoms with Crippen molar-refractivity contribution < 1.29 is 101 Å². The van der Waals surface area contributed by atoms with Gasteiger partial charge in [0.15, 0.2) is 76.3 Å². The number of halogens is 22. The van der Waals surface area contributed by atoms with Crippen molar-refractivity contribution in [3.63, 3.8) is 0 Å². The predicted octanol–water partition coefficient (Wildman–Crippen LogP) is 7.11. The van der Waals surface area contributed by atoms with Gasteiger partial charge in [-0.05, 0) is 6.07 Å². The number of nitriles is 1. The lowest BCUT2D eigenvalue weighted by Crippen LogP contribution is -2.81. The molecule has 0 spiro atoms. The lowest BCUT2D eigenvalue weighted by Gasteiger charge is -2.45.